The van der Waals surface area contributed by atoms with Crippen molar-refractivity contribution in [2.75, 3.05) is 0 Å². The molecule has 2 saturated carbocycles. The minimum Gasteiger partial charge on any atom is -0.481 e. The van der Waals surface area contributed by atoms with E-state index in [1.807, 2.05) is 35.0 Å². The van der Waals surface area contributed by atoms with E-state index in [1.165, 1.54) is 12.8 Å². The highest BCUT2D eigenvalue weighted by atomic mass is 16.4. The van der Waals surface area contributed by atoms with E-state index in [1.54, 1.807) is 6.20 Å². The SMILES string of the molecule is O=C(NC1CC(C(=O)O)C1)c1cnn(C2CCCC2)c1-c1ccccc1. The van der Waals surface area contributed by atoms with Gasteiger partial charge in [0.2, 0.25) is 0 Å². The lowest BCUT2D eigenvalue weighted by Gasteiger charge is -2.32. The molecule has 4 rings (SSSR count). The van der Waals surface area contributed by atoms with Crippen molar-refractivity contribution in [3.8, 4) is 11.3 Å². The van der Waals surface area contributed by atoms with Crippen molar-refractivity contribution in [1.82, 2.24) is 15.1 Å². The lowest BCUT2D eigenvalue weighted by Crippen LogP contribution is -2.46. The number of hydrogen-bond acceptors (Lipinski definition) is 3. The minimum atomic E-state index is -0.783. The van der Waals surface area contributed by atoms with Crippen LogP contribution in [0.1, 0.15) is 54.9 Å². The van der Waals surface area contributed by atoms with Gasteiger partial charge in [0.25, 0.3) is 5.91 Å². The summed E-state index contributed by atoms with van der Waals surface area (Å²) in [7, 11) is 0. The quantitative estimate of drug-likeness (QED) is 0.864. The minimum absolute atomic E-state index is 0.0675. The zero-order valence-electron chi connectivity index (χ0n) is 14.6. The Morgan fingerprint density at radius 1 is 1.12 bits per heavy atom. The molecule has 0 aliphatic heterocycles. The predicted octanol–water partition coefficient (Wildman–Crippen LogP) is 3.26. The van der Waals surface area contributed by atoms with Gasteiger partial charge >= 0.3 is 5.97 Å². The van der Waals surface area contributed by atoms with E-state index in [0.29, 0.717) is 24.4 Å². The Hall–Kier alpha value is -2.63. The van der Waals surface area contributed by atoms with Crippen LogP contribution in [0.25, 0.3) is 11.3 Å². The summed E-state index contributed by atoms with van der Waals surface area (Å²) in [5.74, 6) is -1.29. The smallest absolute Gasteiger partial charge is 0.306 e. The van der Waals surface area contributed by atoms with E-state index in [9.17, 15) is 9.59 Å². The largest absolute Gasteiger partial charge is 0.481 e. The molecule has 6 heteroatoms. The number of carboxylic acids is 1. The molecule has 1 amide bonds. The summed E-state index contributed by atoms with van der Waals surface area (Å²) in [6.45, 7) is 0. The Morgan fingerprint density at radius 2 is 1.81 bits per heavy atom. The lowest BCUT2D eigenvalue weighted by atomic mass is 9.80. The highest BCUT2D eigenvalue weighted by Gasteiger charge is 2.36. The highest BCUT2D eigenvalue weighted by molar-refractivity contribution is 6.00. The number of benzene rings is 1. The number of nitrogens with one attached hydrogen (secondary N) is 1. The molecule has 2 fully saturated rings. The van der Waals surface area contributed by atoms with Crippen LogP contribution in [0.4, 0.5) is 0 Å². The molecule has 0 radical (unpaired) electrons. The van der Waals surface area contributed by atoms with E-state index >= 15 is 0 Å². The molecular weight excluding hydrogens is 330 g/mol. The van der Waals surface area contributed by atoms with Crippen LogP contribution in [-0.4, -0.2) is 32.8 Å². The van der Waals surface area contributed by atoms with Gasteiger partial charge in [-0.25, -0.2) is 0 Å². The van der Waals surface area contributed by atoms with Gasteiger partial charge in [-0.2, -0.15) is 5.10 Å². The summed E-state index contributed by atoms with van der Waals surface area (Å²) < 4.78 is 2.01. The van der Waals surface area contributed by atoms with E-state index in [0.717, 1.165) is 24.1 Å². The first-order chi connectivity index (χ1) is 12.6. The number of hydrogen-bond donors (Lipinski definition) is 2. The Kier molecular flexibility index (Phi) is 4.49. The van der Waals surface area contributed by atoms with Crippen molar-refractivity contribution in [3.05, 3.63) is 42.1 Å². The number of carboxylic acid groups (broad SMARTS) is 1. The molecule has 2 N–H and O–H groups in total. The average molecular weight is 353 g/mol. The lowest BCUT2D eigenvalue weighted by molar-refractivity contribution is -0.145. The molecule has 0 bridgehead atoms. The van der Waals surface area contributed by atoms with Gasteiger partial charge in [-0.15, -0.1) is 0 Å². The molecule has 1 aromatic heterocycles. The zero-order valence-corrected chi connectivity index (χ0v) is 14.6. The summed E-state index contributed by atoms with van der Waals surface area (Å²) in [6.07, 6.45) is 7.22. The molecule has 0 unspecified atom stereocenters. The van der Waals surface area contributed by atoms with Gasteiger partial charge < -0.3 is 10.4 Å². The van der Waals surface area contributed by atoms with Crippen LogP contribution < -0.4 is 5.32 Å². The van der Waals surface area contributed by atoms with Gasteiger partial charge in [0, 0.05) is 11.6 Å². The van der Waals surface area contributed by atoms with Crippen LogP contribution in [-0.2, 0) is 4.79 Å². The summed E-state index contributed by atoms with van der Waals surface area (Å²) in [4.78, 5) is 23.8. The van der Waals surface area contributed by atoms with Crippen LogP contribution in [0.3, 0.4) is 0 Å². The number of carbonyl (C=O) groups excluding carboxylic acids is 1. The summed E-state index contributed by atoms with van der Waals surface area (Å²) in [5, 5.41) is 16.5. The van der Waals surface area contributed by atoms with Gasteiger partial charge in [0.15, 0.2) is 0 Å². The van der Waals surface area contributed by atoms with Crippen molar-refractivity contribution in [2.24, 2.45) is 5.92 Å². The fourth-order valence-corrected chi connectivity index (χ4v) is 4.04. The Bertz CT molecular complexity index is 803. The molecule has 2 aliphatic rings. The molecule has 2 aromatic rings. The van der Waals surface area contributed by atoms with Crippen molar-refractivity contribution >= 4 is 11.9 Å². The van der Waals surface area contributed by atoms with Gasteiger partial charge in [-0.05, 0) is 25.7 Å². The van der Waals surface area contributed by atoms with Crippen LogP contribution >= 0.6 is 0 Å². The maximum Gasteiger partial charge on any atom is 0.306 e. The zero-order chi connectivity index (χ0) is 18.1. The Labute approximate surface area is 152 Å². The number of nitrogens with zero attached hydrogens (tertiary/aromatic N) is 2. The maximum absolute atomic E-state index is 12.8. The number of aliphatic carboxylic acids is 1. The van der Waals surface area contributed by atoms with Crippen molar-refractivity contribution in [3.63, 3.8) is 0 Å². The molecule has 26 heavy (non-hydrogen) atoms. The molecule has 0 spiro atoms. The van der Waals surface area contributed by atoms with E-state index in [2.05, 4.69) is 10.4 Å². The fourth-order valence-electron chi connectivity index (χ4n) is 4.04. The van der Waals surface area contributed by atoms with Crippen LogP contribution in [0, 0.1) is 5.92 Å². The first-order valence-corrected chi connectivity index (χ1v) is 9.30. The van der Waals surface area contributed by atoms with E-state index < -0.39 is 5.97 Å². The number of amides is 1. The van der Waals surface area contributed by atoms with Gasteiger partial charge in [-0.3, -0.25) is 14.3 Å². The number of carbonyl (C=O) groups is 2. The second kappa shape index (κ2) is 6.94. The Morgan fingerprint density at radius 3 is 2.46 bits per heavy atom. The number of aromatic nitrogens is 2. The molecule has 0 atom stereocenters. The van der Waals surface area contributed by atoms with Gasteiger partial charge in [-0.1, -0.05) is 43.2 Å². The maximum atomic E-state index is 12.8. The second-order valence-electron chi connectivity index (χ2n) is 7.33. The first kappa shape index (κ1) is 16.8. The molecule has 1 heterocycles. The number of rotatable bonds is 5. The van der Waals surface area contributed by atoms with Gasteiger partial charge in [0.1, 0.15) is 0 Å². The fraction of sp³-hybridized carbons (Fsp3) is 0.450. The van der Waals surface area contributed by atoms with E-state index in [-0.39, 0.29) is 17.9 Å². The normalized spacial score (nSPS) is 22.8. The molecule has 0 saturated heterocycles. The second-order valence-corrected chi connectivity index (χ2v) is 7.33. The standard InChI is InChI=1S/C20H23N3O3/c24-19(22-15-10-14(11-15)20(25)26)17-12-21-23(16-8-4-5-9-16)18(17)13-6-2-1-3-7-13/h1-3,6-7,12,14-16H,4-5,8-11H2,(H,22,24)(H,25,26). The predicted molar refractivity (Wildman–Crippen MR) is 96.8 cm³/mol. The highest BCUT2D eigenvalue weighted by Crippen LogP contribution is 2.35. The molecular formula is C20H23N3O3. The van der Waals surface area contributed by atoms with E-state index in [4.69, 9.17) is 5.11 Å². The molecule has 1 aromatic carbocycles. The molecule has 2 aliphatic carbocycles. The monoisotopic (exact) mass is 353 g/mol. The third-order valence-electron chi connectivity index (χ3n) is 5.58. The Balaban J connectivity index is 1.59. The first-order valence-electron chi connectivity index (χ1n) is 9.30. The van der Waals surface area contributed by atoms with Crippen LogP contribution in [0.5, 0.6) is 0 Å². The molecule has 6 nitrogen and oxygen atoms in total. The summed E-state index contributed by atoms with van der Waals surface area (Å²) in [6, 6.07) is 10.2. The topological polar surface area (TPSA) is 84.2 Å². The third kappa shape index (κ3) is 3.11. The average Bonchev–Trinajstić information content (AvgIpc) is 3.26. The molecule has 136 valence electrons. The van der Waals surface area contributed by atoms with Crippen molar-refractivity contribution in [2.45, 2.75) is 50.6 Å². The van der Waals surface area contributed by atoms with Crippen LogP contribution in [0.2, 0.25) is 0 Å². The third-order valence-corrected chi connectivity index (χ3v) is 5.58. The van der Waals surface area contributed by atoms with Crippen molar-refractivity contribution in [1.29, 1.82) is 0 Å². The van der Waals surface area contributed by atoms with Crippen molar-refractivity contribution < 1.29 is 14.7 Å². The summed E-state index contributed by atoms with van der Waals surface area (Å²) >= 11 is 0. The summed E-state index contributed by atoms with van der Waals surface area (Å²) in [5.41, 5.74) is 2.42. The van der Waals surface area contributed by atoms with Crippen LogP contribution in [0.15, 0.2) is 36.5 Å². The van der Waals surface area contributed by atoms with Gasteiger partial charge in [0.05, 0.1) is 29.4 Å².